The highest BCUT2D eigenvalue weighted by molar-refractivity contribution is 7.92. The molecule has 7 nitrogen and oxygen atoms in total. The maximum atomic E-state index is 14.5. The largest absolute Gasteiger partial charge is 0.352 e. The quantitative estimate of drug-likeness (QED) is 0.168. The van der Waals surface area contributed by atoms with Crippen LogP contribution in [0.5, 0.6) is 0 Å². The molecule has 2 amide bonds. The van der Waals surface area contributed by atoms with Gasteiger partial charge in [0.25, 0.3) is 10.0 Å². The van der Waals surface area contributed by atoms with Crippen LogP contribution in [0.1, 0.15) is 31.4 Å². The zero-order valence-electron chi connectivity index (χ0n) is 24.9. The van der Waals surface area contributed by atoms with Gasteiger partial charge in [-0.25, -0.2) is 12.8 Å². The van der Waals surface area contributed by atoms with Crippen LogP contribution in [0.3, 0.4) is 0 Å². The van der Waals surface area contributed by atoms with Crippen LogP contribution in [-0.2, 0) is 32.6 Å². The first-order valence-corrected chi connectivity index (χ1v) is 16.6. The highest BCUT2D eigenvalue weighted by atomic mass is 35.5. The minimum Gasteiger partial charge on any atom is -0.352 e. The fraction of sp³-hybridized carbons (Fsp3) is 0.235. The zero-order chi connectivity index (χ0) is 32.6. The zero-order valence-corrected chi connectivity index (χ0v) is 27.2. The summed E-state index contributed by atoms with van der Waals surface area (Å²) < 4.78 is 42.6. The van der Waals surface area contributed by atoms with Crippen molar-refractivity contribution in [2.75, 3.05) is 10.8 Å². The van der Waals surface area contributed by atoms with E-state index in [9.17, 15) is 22.4 Å². The van der Waals surface area contributed by atoms with Crippen molar-refractivity contribution in [1.29, 1.82) is 0 Å². The Balaban J connectivity index is 1.82. The molecule has 0 spiro atoms. The Morgan fingerprint density at radius 2 is 1.42 bits per heavy atom. The predicted octanol–water partition coefficient (Wildman–Crippen LogP) is 6.88. The lowest BCUT2D eigenvalue weighted by Crippen LogP contribution is -2.54. The lowest BCUT2D eigenvalue weighted by molar-refractivity contribution is -0.140. The molecule has 4 rings (SSSR count). The highest BCUT2D eigenvalue weighted by Crippen LogP contribution is 2.29. The van der Waals surface area contributed by atoms with Crippen LogP contribution in [0.4, 0.5) is 10.1 Å². The van der Waals surface area contributed by atoms with Gasteiger partial charge in [0.1, 0.15) is 18.4 Å². The first-order chi connectivity index (χ1) is 21.5. The van der Waals surface area contributed by atoms with Crippen LogP contribution in [0, 0.1) is 5.82 Å². The topological polar surface area (TPSA) is 86.8 Å². The fourth-order valence-corrected chi connectivity index (χ4v) is 6.64. The molecule has 4 aromatic rings. The monoisotopic (exact) mass is 669 g/mol. The molecular formula is C34H34Cl2FN3O4S. The molecule has 2 atom stereocenters. The molecule has 0 bridgehead atoms. The number of hydrogen-bond donors (Lipinski definition) is 1. The molecule has 0 aliphatic heterocycles. The van der Waals surface area contributed by atoms with Crippen molar-refractivity contribution in [2.24, 2.45) is 0 Å². The minimum atomic E-state index is -4.35. The van der Waals surface area contributed by atoms with Crippen molar-refractivity contribution in [3.63, 3.8) is 0 Å². The van der Waals surface area contributed by atoms with Crippen LogP contribution in [0.25, 0.3) is 0 Å². The van der Waals surface area contributed by atoms with Gasteiger partial charge in [0.15, 0.2) is 0 Å². The predicted molar refractivity (Wildman–Crippen MR) is 176 cm³/mol. The van der Waals surface area contributed by atoms with Crippen molar-refractivity contribution in [3.8, 4) is 0 Å². The van der Waals surface area contributed by atoms with Crippen molar-refractivity contribution in [3.05, 3.63) is 130 Å². The second-order valence-corrected chi connectivity index (χ2v) is 13.2. The second kappa shape index (κ2) is 15.4. The van der Waals surface area contributed by atoms with E-state index in [1.807, 2.05) is 44.2 Å². The molecule has 0 radical (unpaired) electrons. The van der Waals surface area contributed by atoms with Crippen LogP contribution < -0.4 is 9.62 Å². The fourth-order valence-electron chi connectivity index (χ4n) is 4.71. The number of para-hydroxylation sites is 1. The van der Waals surface area contributed by atoms with Crippen molar-refractivity contribution in [1.82, 2.24) is 10.2 Å². The lowest BCUT2D eigenvalue weighted by Gasteiger charge is -2.34. The Morgan fingerprint density at radius 1 is 0.844 bits per heavy atom. The number of benzene rings is 4. The minimum absolute atomic E-state index is 0.146. The van der Waals surface area contributed by atoms with E-state index in [1.54, 1.807) is 48.5 Å². The Bertz CT molecular complexity index is 1690. The van der Waals surface area contributed by atoms with E-state index in [1.165, 1.54) is 4.90 Å². The van der Waals surface area contributed by atoms with Gasteiger partial charge in [-0.15, -0.1) is 0 Å². The molecule has 45 heavy (non-hydrogen) atoms. The molecule has 1 N–H and O–H groups in total. The van der Waals surface area contributed by atoms with Gasteiger partial charge < -0.3 is 10.2 Å². The molecule has 0 fully saturated rings. The Hall–Kier alpha value is -3.92. The molecule has 0 heterocycles. The number of nitrogens with zero attached hydrogens (tertiary/aromatic N) is 2. The third-order valence-corrected chi connectivity index (χ3v) is 9.88. The molecule has 0 aromatic heterocycles. The van der Waals surface area contributed by atoms with Crippen LogP contribution in [-0.4, -0.2) is 43.8 Å². The summed E-state index contributed by atoms with van der Waals surface area (Å²) in [5.74, 6) is -1.67. The van der Waals surface area contributed by atoms with Crippen LogP contribution in [0.15, 0.2) is 108 Å². The summed E-state index contributed by atoms with van der Waals surface area (Å²) in [5, 5.41) is 3.56. The maximum absolute atomic E-state index is 14.5. The van der Waals surface area contributed by atoms with E-state index in [2.05, 4.69) is 5.32 Å². The van der Waals surface area contributed by atoms with E-state index in [0.29, 0.717) is 22.0 Å². The first kappa shape index (κ1) is 34.0. The molecule has 0 saturated carbocycles. The van der Waals surface area contributed by atoms with Gasteiger partial charge in [-0.1, -0.05) is 84.7 Å². The number of carbonyl (C=O) groups is 2. The van der Waals surface area contributed by atoms with E-state index in [4.69, 9.17) is 23.2 Å². The number of amides is 2. The summed E-state index contributed by atoms with van der Waals surface area (Å²) in [6.07, 6.45) is 0.804. The molecule has 236 valence electrons. The molecule has 0 saturated heterocycles. The molecule has 0 unspecified atom stereocenters. The number of carbonyl (C=O) groups excluding carboxylic acids is 2. The Morgan fingerprint density at radius 3 is 2.00 bits per heavy atom. The van der Waals surface area contributed by atoms with Crippen LogP contribution in [0.2, 0.25) is 10.0 Å². The van der Waals surface area contributed by atoms with Gasteiger partial charge in [0.05, 0.1) is 10.6 Å². The number of nitrogens with one attached hydrogen (secondary N) is 1. The van der Waals surface area contributed by atoms with Gasteiger partial charge in [0, 0.05) is 34.6 Å². The van der Waals surface area contributed by atoms with Gasteiger partial charge in [-0.05, 0) is 67.4 Å². The molecule has 4 aromatic carbocycles. The average Bonchev–Trinajstić information content (AvgIpc) is 3.03. The van der Waals surface area contributed by atoms with Crippen molar-refractivity contribution >= 4 is 50.7 Å². The number of anilines is 1. The third-order valence-electron chi connectivity index (χ3n) is 7.39. The van der Waals surface area contributed by atoms with E-state index in [-0.39, 0.29) is 29.6 Å². The van der Waals surface area contributed by atoms with Gasteiger partial charge in [-0.3, -0.25) is 13.9 Å². The summed E-state index contributed by atoms with van der Waals surface area (Å²) in [6.45, 7) is 2.97. The second-order valence-electron chi connectivity index (χ2n) is 10.5. The number of hydrogen-bond acceptors (Lipinski definition) is 4. The maximum Gasteiger partial charge on any atom is 0.264 e. The van der Waals surface area contributed by atoms with E-state index in [0.717, 1.165) is 34.1 Å². The first-order valence-electron chi connectivity index (χ1n) is 14.4. The lowest BCUT2D eigenvalue weighted by atomic mass is 10.0. The average molecular weight is 671 g/mol. The van der Waals surface area contributed by atoms with Gasteiger partial charge >= 0.3 is 0 Å². The molecule has 0 aliphatic carbocycles. The summed E-state index contributed by atoms with van der Waals surface area (Å²) in [7, 11) is -4.35. The highest BCUT2D eigenvalue weighted by Gasteiger charge is 2.35. The third kappa shape index (κ3) is 8.63. The van der Waals surface area contributed by atoms with E-state index < -0.39 is 40.2 Å². The van der Waals surface area contributed by atoms with Crippen molar-refractivity contribution < 1.29 is 22.4 Å². The number of sulfonamides is 1. The van der Waals surface area contributed by atoms with E-state index >= 15 is 0 Å². The normalized spacial score (nSPS) is 12.6. The summed E-state index contributed by atoms with van der Waals surface area (Å²) in [5.41, 5.74) is 1.43. The standard InChI is InChI=1S/C34H34Cl2FN3O4S/c1-3-24(2)38-34(42)32(21-25-11-6-4-7-12-25)39(22-29-30(35)15-10-16-31(29)36)33(41)23-40(27-13-8-5-9-14-27)45(43,44)28-19-17-26(37)18-20-28/h4-20,24,32H,3,21-23H2,1-2H3,(H,38,42)/t24-,32-/m0/s1. The summed E-state index contributed by atoms with van der Waals surface area (Å²) in [6, 6.07) is 25.4. The Kier molecular flexibility index (Phi) is 11.6. The molecule has 11 heteroatoms. The summed E-state index contributed by atoms with van der Waals surface area (Å²) >= 11 is 13.1. The van der Waals surface area contributed by atoms with Crippen molar-refractivity contribution in [2.45, 2.75) is 50.2 Å². The SMILES string of the molecule is CC[C@H](C)NC(=O)[C@H](Cc1ccccc1)N(Cc1c(Cl)cccc1Cl)C(=O)CN(c1ccccc1)S(=O)(=O)c1ccc(F)cc1. The van der Waals surface area contributed by atoms with Gasteiger partial charge in [-0.2, -0.15) is 0 Å². The van der Waals surface area contributed by atoms with Crippen LogP contribution >= 0.6 is 23.2 Å². The van der Waals surface area contributed by atoms with Gasteiger partial charge in [0.2, 0.25) is 11.8 Å². The number of halogens is 3. The Labute approximate surface area is 273 Å². The molecule has 0 aliphatic rings. The summed E-state index contributed by atoms with van der Waals surface area (Å²) in [4.78, 5) is 29.5. The number of rotatable bonds is 13. The smallest absolute Gasteiger partial charge is 0.264 e. The molecular weight excluding hydrogens is 636 g/mol.